The molecule has 0 saturated heterocycles. The second-order valence-corrected chi connectivity index (χ2v) is 6.58. The Kier molecular flexibility index (Phi) is 4.38. The predicted molar refractivity (Wildman–Crippen MR) is 96.3 cm³/mol. The highest BCUT2D eigenvalue weighted by molar-refractivity contribution is 6.00. The van der Waals surface area contributed by atoms with Gasteiger partial charge in [-0.05, 0) is 31.0 Å². The summed E-state index contributed by atoms with van der Waals surface area (Å²) in [6, 6.07) is 5.53. The first-order valence-corrected chi connectivity index (χ1v) is 8.67. The molecule has 3 aromatic rings. The Morgan fingerprint density at radius 3 is 2.73 bits per heavy atom. The van der Waals surface area contributed by atoms with E-state index in [1.165, 1.54) is 12.1 Å². The van der Waals surface area contributed by atoms with E-state index < -0.39 is 11.9 Å². The summed E-state index contributed by atoms with van der Waals surface area (Å²) in [6.07, 6.45) is 6.61. The van der Waals surface area contributed by atoms with Gasteiger partial charge in [0.2, 0.25) is 0 Å². The molecule has 4 rings (SSSR count). The van der Waals surface area contributed by atoms with Crippen molar-refractivity contribution in [3.63, 3.8) is 0 Å². The van der Waals surface area contributed by atoms with Crippen molar-refractivity contribution in [2.24, 2.45) is 0 Å². The van der Waals surface area contributed by atoms with Crippen LogP contribution in [0.3, 0.4) is 0 Å². The van der Waals surface area contributed by atoms with Crippen molar-refractivity contribution in [2.75, 3.05) is 5.32 Å². The molecule has 0 unspecified atom stereocenters. The average Bonchev–Trinajstić information content (AvgIpc) is 2.64. The van der Waals surface area contributed by atoms with Crippen LogP contribution in [0.15, 0.2) is 36.7 Å². The smallest absolute Gasteiger partial charge is 0.157 e. The second kappa shape index (κ2) is 6.84. The van der Waals surface area contributed by atoms with Crippen molar-refractivity contribution in [1.29, 1.82) is 0 Å². The molecule has 0 radical (unpaired) electrons. The van der Waals surface area contributed by atoms with Gasteiger partial charge < -0.3 is 15.5 Å². The van der Waals surface area contributed by atoms with Gasteiger partial charge in [-0.3, -0.25) is 4.98 Å². The fourth-order valence-electron chi connectivity index (χ4n) is 3.46. The van der Waals surface area contributed by atoms with Gasteiger partial charge in [-0.25, -0.2) is 4.39 Å². The van der Waals surface area contributed by atoms with Crippen LogP contribution in [0.25, 0.3) is 22.0 Å². The van der Waals surface area contributed by atoms with Crippen LogP contribution < -0.4 is 5.32 Å². The number of aromatic hydroxyl groups is 1. The molecule has 0 amide bonds. The highest BCUT2D eigenvalue weighted by atomic mass is 19.1. The monoisotopic (exact) mass is 354 g/mol. The van der Waals surface area contributed by atoms with Gasteiger partial charge in [0.1, 0.15) is 17.3 Å². The summed E-state index contributed by atoms with van der Waals surface area (Å²) in [7, 11) is 0. The third-order valence-electron chi connectivity index (χ3n) is 4.85. The van der Waals surface area contributed by atoms with Gasteiger partial charge in [0.15, 0.2) is 5.82 Å². The largest absolute Gasteiger partial charge is 0.507 e. The number of aliphatic hydroxyl groups is 1. The minimum atomic E-state index is -0.522. The standard InChI is InChI=1S/C19H19FN4O2/c20-11-5-6-13(17(26)9-11)18-14-10-21-8-7-12(14)19(24-23-18)22-15-3-1-2-4-16(15)25/h5-10,15-16,25-26H,1-4H2,(H,22,24)/t15-,16-/m0/s1. The summed E-state index contributed by atoms with van der Waals surface area (Å²) in [5.41, 5.74) is 0.821. The normalized spacial score (nSPS) is 20.2. The van der Waals surface area contributed by atoms with E-state index in [0.29, 0.717) is 22.5 Å². The maximum absolute atomic E-state index is 13.3. The molecule has 134 valence electrons. The van der Waals surface area contributed by atoms with Gasteiger partial charge in [-0.15, -0.1) is 10.2 Å². The van der Waals surface area contributed by atoms with E-state index >= 15 is 0 Å². The van der Waals surface area contributed by atoms with Gasteiger partial charge in [0, 0.05) is 34.8 Å². The number of fused-ring (bicyclic) bond motifs is 1. The molecule has 6 nitrogen and oxygen atoms in total. The lowest BCUT2D eigenvalue weighted by atomic mass is 9.92. The Bertz CT molecular complexity index is 950. The summed E-state index contributed by atoms with van der Waals surface area (Å²) in [4.78, 5) is 4.15. The van der Waals surface area contributed by atoms with Crippen molar-refractivity contribution in [3.05, 3.63) is 42.5 Å². The van der Waals surface area contributed by atoms with Gasteiger partial charge in [-0.2, -0.15) is 0 Å². The number of pyridine rings is 1. The first kappa shape index (κ1) is 16.7. The van der Waals surface area contributed by atoms with Crippen LogP contribution in [0.4, 0.5) is 10.2 Å². The molecular formula is C19H19FN4O2. The highest BCUT2D eigenvalue weighted by Crippen LogP contribution is 2.35. The lowest BCUT2D eigenvalue weighted by Crippen LogP contribution is -2.36. The van der Waals surface area contributed by atoms with Crippen LogP contribution in [0.5, 0.6) is 5.75 Å². The number of benzene rings is 1. The molecule has 1 aliphatic carbocycles. The maximum Gasteiger partial charge on any atom is 0.157 e. The molecule has 1 aromatic carbocycles. The lowest BCUT2D eigenvalue weighted by molar-refractivity contribution is 0.116. The predicted octanol–water partition coefficient (Wildman–Crippen LogP) is 3.25. The molecular weight excluding hydrogens is 335 g/mol. The second-order valence-electron chi connectivity index (χ2n) is 6.58. The van der Waals surface area contributed by atoms with E-state index in [4.69, 9.17) is 0 Å². The topological polar surface area (TPSA) is 91.2 Å². The van der Waals surface area contributed by atoms with Crippen LogP contribution in [0.1, 0.15) is 25.7 Å². The zero-order chi connectivity index (χ0) is 18.1. The molecule has 1 saturated carbocycles. The third kappa shape index (κ3) is 3.06. The molecule has 26 heavy (non-hydrogen) atoms. The first-order chi connectivity index (χ1) is 12.6. The van der Waals surface area contributed by atoms with E-state index in [0.717, 1.165) is 37.1 Å². The summed E-state index contributed by atoms with van der Waals surface area (Å²) in [5, 5.41) is 33.6. The number of aliphatic hydroxyl groups excluding tert-OH is 1. The van der Waals surface area contributed by atoms with E-state index in [1.807, 2.05) is 6.07 Å². The third-order valence-corrected chi connectivity index (χ3v) is 4.85. The fraction of sp³-hybridized carbons (Fsp3) is 0.316. The first-order valence-electron chi connectivity index (χ1n) is 8.67. The minimum absolute atomic E-state index is 0.0699. The maximum atomic E-state index is 13.3. The van der Waals surface area contributed by atoms with Gasteiger partial charge in [-0.1, -0.05) is 12.8 Å². The van der Waals surface area contributed by atoms with Crippen molar-refractivity contribution < 1.29 is 14.6 Å². The molecule has 1 fully saturated rings. The Labute approximate surface area is 149 Å². The molecule has 2 atom stereocenters. The van der Waals surface area contributed by atoms with E-state index in [2.05, 4.69) is 20.5 Å². The van der Waals surface area contributed by atoms with Crippen LogP contribution in [-0.4, -0.2) is 37.5 Å². The number of nitrogens with one attached hydrogen (secondary N) is 1. The number of halogens is 1. The van der Waals surface area contributed by atoms with Crippen LogP contribution in [-0.2, 0) is 0 Å². The molecule has 0 spiro atoms. The number of phenols is 1. The van der Waals surface area contributed by atoms with Crippen LogP contribution in [0.2, 0.25) is 0 Å². The van der Waals surface area contributed by atoms with Crippen LogP contribution >= 0.6 is 0 Å². The van der Waals surface area contributed by atoms with E-state index in [-0.39, 0.29) is 11.8 Å². The Morgan fingerprint density at radius 2 is 1.92 bits per heavy atom. The van der Waals surface area contributed by atoms with E-state index in [1.54, 1.807) is 12.4 Å². The van der Waals surface area contributed by atoms with Gasteiger partial charge >= 0.3 is 0 Å². The number of hydrogen-bond acceptors (Lipinski definition) is 6. The minimum Gasteiger partial charge on any atom is -0.507 e. The summed E-state index contributed by atoms with van der Waals surface area (Å²) in [5.74, 6) is -0.155. The lowest BCUT2D eigenvalue weighted by Gasteiger charge is -2.29. The fourth-order valence-corrected chi connectivity index (χ4v) is 3.46. The molecule has 7 heteroatoms. The molecule has 0 bridgehead atoms. The highest BCUT2D eigenvalue weighted by Gasteiger charge is 2.24. The van der Waals surface area contributed by atoms with Crippen molar-refractivity contribution >= 4 is 16.6 Å². The van der Waals surface area contributed by atoms with E-state index in [9.17, 15) is 14.6 Å². The number of hydrogen-bond donors (Lipinski definition) is 3. The molecule has 0 aliphatic heterocycles. The molecule has 2 aromatic heterocycles. The quantitative estimate of drug-likeness (QED) is 0.669. The number of anilines is 1. The van der Waals surface area contributed by atoms with Crippen molar-refractivity contribution in [2.45, 2.75) is 37.8 Å². The Morgan fingerprint density at radius 1 is 1.08 bits per heavy atom. The molecule has 1 aliphatic rings. The summed E-state index contributed by atoms with van der Waals surface area (Å²) >= 11 is 0. The number of aromatic nitrogens is 3. The number of nitrogens with zero attached hydrogens (tertiary/aromatic N) is 3. The average molecular weight is 354 g/mol. The number of rotatable bonds is 3. The molecule has 2 heterocycles. The number of phenolic OH excluding ortho intramolecular Hbond substituents is 1. The van der Waals surface area contributed by atoms with Gasteiger partial charge in [0.25, 0.3) is 0 Å². The summed E-state index contributed by atoms with van der Waals surface area (Å²) in [6.45, 7) is 0. The van der Waals surface area contributed by atoms with Gasteiger partial charge in [0.05, 0.1) is 12.1 Å². The summed E-state index contributed by atoms with van der Waals surface area (Å²) < 4.78 is 13.3. The zero-order valence-corrected chi connectivity index (χ0v) is 14.1. The zero-order valence-electron chi connectivity index (χ0n) is 14.1. The van der Waals surface area contributed by atoms with Crippen molar-refractivity contribution in [1.82, 2.24) is 15.2 Å². The Hall–Kier alpha value is -2.80. The Balaban J connectivity index is 1.78. The van der Waals surface area contributed by atoms with Crippen LogP contribution in [0, 0.1) is 5.82 Å². The SMILES string of the molecule is Oc1cc(F)ccc1-c1nnc(N[C@H]2CCCC[C@@H]2O)c2ccncc12. The molecule has 3 N–H and O–H groups in total. The van der Waals surface area contributed by atoms with Crippen molar-refractivity contribution in [3.8, 4) is 17.0 Å².